The Morgan fingerprint density at radius 2 is 1.56 bits per heavy atom. The summed E-state index contributed by atoms with van der Waals surface area (Å²) in [6.45, 7) is 0. The van der Waals surface area contributed by atoms with Crippen molar-refractivity contribution < 1.29 is 17.5 Å². The second-order valence-electron chi connectivity index (χ2n) is 3.32. The van der Waals surface area contributed by atoms with Gasteiger partial charge in [0.15, 0.2) is 0 Å². The Bertz CT molecular complexity index is 401. The fraction of sp³-hybridized carbons (Fsp3) is 0.333. The third-order valence-electron chi connectivity index (χ3n) is 2.07. The van der Waals surface area contributed by atoms with Crippen molar-refractivity contribution in [2.75, 3.05) is 0 Å². The third kappa shape index (κ3) is 7.56. The van der Waals surface area contributed by atoms with E-state index < -0.39 is 10.4 Å². The minimum atomic E-state index is -5.17. The minimum absolute atomic E-state index is 0. The van der Waals surface area contributed by atoms with Gasteiger partial charge >= 0.3 is 37.7 Å². The van der Waals surface area contributed by atoms with Crippen molar-refractivity contribution >= 4 is 48.1 Å². The molecule has 0 amide bonds. The Hall–Kier alpha value is 0.310. The number of hydrogen-bond acceptors (Lipinski definition) is 5. The average Bonchev–Trinajstić information content (AvgIpc) is 2.81. The molecule has 1 fully saturated rings. The Morgan fingerprint density at radius 1 is 1.19 bits per heavy atom. The van der Waals surface area contributed by atoms with Gasteiger partial charge in [0.2, 0.25) is 0 Å². The standard InChI is InChI=1S/C9H11N.Ca.H2O4S/c10-9-6-8(9)7-4-2-1-3-5-7;;1-5(2,3)4/h1-5,8-9H,6,10H2;;(H2,1,2,3,4)/q;+2;/p-2. The van der Waals surface area contributed by atoms with Gasteiger partial charge in [0.05, 0.1) is 0 Å². The summed E-state index contributed by atoms with van der Waals surface area (Å²) in [5.41, 5.74) is 7.10. The van der Waals surface area contributed by atoms with E-state index in [1.165, 1.54) is 12.0 Å². The Labute approximate surface area is 125 Å². The number of rotatable bonds is 1. The fourth-order valence-electron chi connectivity index (χ4n) is 1.30. The summed E-state index contributed by atoms with van der Waals surface area (Å²) in [5.74, 6) is 0.654. The molecule has 2 atom stereocenters. The molecule has 0 spiro atoms. The Kier molecular flexibility index (Phi) is 7.04. The predicted octanol–water partition coefficient (Wildman–Crippen LogP) is -0.218. The van der Waals surface area contributed by atoms with Gasteiger partial charge in [-0.25, -0.2) is 0 Å². The van der Waals surface area contributed by atoms with Crippen LogP contribution in [0.5, 0.6) is 0 Å². The van der Waals surface area contributed by atoms with Crippen molar-refractivity contribution in [3.8, 4) is 0 Å². The van der Waals surface area contributed by atoms with Crippen molar-refractivity contribution in [3.63, 3.8) is 0 Å². The van der Waals surface area contributed by atoms with Crippen LogP contribution in [0.25, 0.3) is 0 Å². The molecule has 1 saturated carbocycles. The van der Waals surface area contributed by atoms with E-state index in [9.17, 15) is 0 Å². The third-order valence-corrected chi connectivity index (χ3v) is 2.07. The van der Waals surface area contributed by atoms with E-state index in [0.29, 0.717) is 12.0 Å². The van der Waals surface area contributed by atoms with Crippen molar-refractivity contribution in [2.45, 2.75) is 18.4 Å². The second-order valence-corrected chi connectivity index (χ2v) is 4.14. The molecule has 0 radical (unpaired) electrons. The van der Waals surface area contributed by atoms with Gasteiger partial charge in [-0.3, -0.25) is 8.42 Å². The van der Waals surface area contributed by atoms with Gasteiger partial charge in [-0.05, 0) is 12.0 Å². The van der Waals surface area contributed by atoms with Crippen molar-refractivity contribution in [1.29, 1.82) is 0 Å². The zero-order valence-electron chi connectivity index (χ0n) is 8.57. The molecule has 1 aromatic rings. The van der Waals surface area contributed by atoms with E-state index in [1.807, 2.05) is 6.07 Å². The van der Waals surface area contributed by atoms with Crippen LogP contribution in [0, 0.1) is 0 Å². The molecular weight excluding hydrogens is 258 g/mol. The monoisotopic (exact) mass is 269 g/mol. The Balaban J connectivity index is 0.000000330. The maximum Gasteiger partial charge on any atom is 2.00 e. The molecule has 2 N–H and O–H groups in total. The van der Waals surface area contributed by atoms with Crippen LogP contribution >= 0.6 is 0 Å². The van der Waals surface area contributed by atoms with Gasteiger partial charge in [-0.1, -0.05) is 30.3 Å². The smallest absolute Gasteiger partial charge is 0.759 e. The maximum absolute atomic E-state index is 8.52. The van der Waals surface area contributed by atoms with Gasteiger partial charge in [-0.15, -0.1) is 0 Å². The zero-order chi connectivity index (χ0) is 11.5. The van der Waals surface area contributed by atoms with Crippen molar-refractivity contribution in [3.05, 3.63) is 35.9 Å². The van der Waals surface area contributed by atoms with E-state index in [0.717, 1.165) is 0 Å². The first-order chi connectivity index (χ1) is 6.88. The first-order valence-electron chi connectivity index (χ1n) is 4.35. The van der Waals surface area contributed by atoms with E-state index in [4.69, 9.17) is 23.3 Å². The Morgan fingerprint density at radius 3 is 1.88 bits per heavy atom. The van der Waals surface area contributed by atoms with E-state index in [2.05, 4.69) is 24.3 Å². The summed E-state index contributed by atoms with van der Waals surface area (Å²) in [6.07, 6.45) is 1.17. The van der Waals surface area contributed by atoms with Crippen LogP contribution in [0.1, 0.15) is 17.9 Å². The average molecular weight is 269 g/mol. The van der Waals surface area contributed by atoms with Crippen LogP contribution in [0.2, 0.25) is 0 Å². The van der Waals surface area contributed by atoms with Gasteiger partial charge in [-0.2, -0.15) is 0 Å². The molecule has 0 bridgehead atoms. The molecule has 0 aliphatic heterocycles. The summed E-state index contributed by atoms with van der Waals surface area (Å²) in [5, 5.41) is 0. The van der Waals surface area contributed by atoms with Gasteiger partial charge < -0.3 is 14.8 Å². The SMILES string of the molecule is NC1CC1c1ccccc1.O=S(=O)([O-])[O-].[Ca+2]. The van der Waals surface area contributed by atoms with Crippen LogP contribution in [0.4, 0.5) is 0 Å². The first-order valence-corrected chi connectivity index (χ1v) is 5.68. The molecule has 5 nitrogen and oxygen atoms in total. The van der Waals surface area contributed by atoms with Gasteiger partial charge in [0.25, 0.3) is 0 Å². The quantitative estimate of drug-likeness (QED) is 0.431. The van der Waals surface area contributed by atoms with E-state index >= 15 is 0 Å². The minimum Gasteiger partial charge on any atom is -0.759 e. The normalized spacial score (nSPS) is 22.4. The van der Waals surface area contributed by atoms with Crippen LogP contribution in [-0.2, 0) is 10.4 Å². The second kappa shape index (κ2) is 6.90. The predicted molar refractivity (Wildman–Crippen MR) is 58.0 cm³/mol. The molecule has 0 heterocycles. The fourth-order valence-corrected chi connectivity index (χ4v) is 1.30. The number of nitrogens with two attached hydrogens (primary N) is 1. The van der Waals surface area contributed by atoms with Crippen LogP contribution in [0.15, 0.2) is 30.3 Å². The molecule has 1 aromatic carbocycles. The largest absolute Gasteiger partial charge is 2.00 e. The molecule has 0 aromatic heterocycles. The van der Waals surface area contributed by atoms with E-state index in [1.54, 1.807) is 0 Å². The molecule has 2 unspecified atom stereocenters. The van der Waals surface area contributed by atoms with Gasteiger partial charge in [0.1, 0.15) is 0 Å². The summed E-state index contributed by atoms with van der Waals surface area (Å²) >= 11 is 0. The topological polar surface area (TPSA) is 106 Å². The molecule has 7 heteroatoms. The van der Waals surface area contributed by atoms with Crippen molar-refractivity contribution in [1.82, 2.24) is 0 Å². The summed E-state index contributed by atoms with van der Waals surface area (Å²) < 4.78 is 34.1. The maximum atomic E-state index is 8.52. The van der Waals surface area contributed by atoms with Crippen LogP contribution < -0.4 is 5.73 Å². The van der Waals surface area contributed by atoms with E-state index in [-0.39, 0.29) is 37.7 Å². The molecule has 1 aliphatic rings. The summed E-state index contributed by atoms with van der Waals surface area (Å²) in [4.78, 5) is 0. The summed E-state index contributed by atoms with van der Waals surface area (Å²) in [7, 11) is -5.17. The molecule has 2 rings (SSSR count). The molecule has 0 saturated heterocycles. The molecule has 84 valence electrons. The molecule has 1 aliphatic carbocycles. The van der Waals surface area contributed by atoms with Crippen molar-refractivity contribution in [2.24, 2.45) is 5.73 Å². The van der Waals surface area contributed by atoms with Gasteiger partial charge in [0, 0.05) is 22.4 Å². The summed E-state index contributed by atoms with van der Waals surface area (Å²) in [6, 6.07) is 10.9. The number of benzene rings is 1. The molecular formula is C9H11CaNO4S. The van der Waals surface area contributed by atoms with Crippen LogP contribution in [-0.4, -0.2) is 61.3 Å². The van der Waals surface area contributed by atoms with Crippen LogP contribution in [0.3, 0.4) is 0 Å². The first kappa shape index (κ1) is 16.3. The molecule has 16 heavy (non-hydrogen) atoms. The number of hydrogen-bond donors (Lipinski definition) is 1. The zero-order valence-corrected chi connectivity index (χ0v) is 11.6.